The molecule has 0 aromatic carbocycles. The molecule has 4 N–H and O–H groups in total. The third kappa shape index (κ3) is 1.77. The largest absolute Gasteiger partial charge is 0.326 e. The molecule has 0 radical (unpaired) electrons. The van der Waals surface area contributed by atoms with Crippen molar-refractivity contribution in [3.8, 4) is 0 Å². The fraction of sp³-hybridized carbons (Fsp3) is 0.727. The molecule has 102 valence electrons. The summed E-state index contributed by atoms with van der Waals surface area (Å²) in [7, 11) is -3.59. The molecule has 0 spiro atoms. The minimum absolute atomic E-state index is 0.0526. The molecule has 0 atom stereocenters. The van der Waals surface area contributed by atoms with Gasteiger partial charge in [0.2, 0.25) is 0 Å². The molecule has 0 aliphatic heterocycles. The van der Waals surface area contributed by atoms with Crippen molar-refractivity contribution in [2.45, 2.75) is 45.3 Å². The first kappa shape index (κ1) is 13.5. The maximum atomic E-state index is 12.3. The highest BCUT2D eigenvalue weighted by molar-refractivity contribution is 7.89. The van der Waals surface area contributed by atoms with Crippen LogP contribution in [0.2, 0.25) is 0 Å². The quantitative estimate of drug-likeness (QED) is 0.746. The van der Waals surface area contributed by atoms with E-state index in [9.17, 15) is 8.42 Å². The van der Waals surface area contributed by atoms with Crippen LogP contribution in [0.25, 0.3) is 0 Å². The predicted octanol–water partition coefficient (Wildman–Crippen LogP) is 0.581. The van der Waals surface area contributed by atoms with Crippen LogP contribution in [0, 0.1) is 10.8 Å². The third-order valence-corrected chi connectivity index (χ3v) is 5.90. The number of nitrogens with two attached hydrogens (primary N) is 1. The number of aromatic nitrogens is 2. The van der Waals surface area contributed by atoms with E-state index < -0.39 is 10.0 Å². The van der Waals surface area contributed by atoms with Crippen molar-refractivity contribution in [1.29, 1.82) is 0 Å². The van der Waals surface area contributed by atoms with E-state index in [1.807, 2.05) is 0 Å². The summed E-state index contributed by atoms with van der Waals surface area (Å²) in [6.45, 7) is 8.35. The summed E-state index contributed by atoms with van der Waals surface area (Å²) in [5.41, 5.74) is 5.89. The zero-order valence-electron chi connectivity index (χ0n) is 11.1. The number of nitrogens with one attached hydrogen (secondary N) is 2. The maximum Gasteiger partial charge on any atom is 0.258 e. The van der Waals surface area contributed by atoms with Crippen LogP contribution in [-0.4, -0.2) is 24.7 Å². The van der Waals surface area contributed by atoms with Gasteiger partial charge >= 0.3 is 0 Å². The summed E-state index contributed by atoms with van der Waals surface area (Å²) in [6.07, 6.45) is 1.44. The van der Waals surface area contributed by atoms with Gasteiger partial charge in [-0.25, -0.2) is 13.1 Å². The molecule has 1 heterocycles. The van der Waals surface area contributed by atoms with Crippen LogP contribution in [0.4, 0.5) is 0 Å². The second-order valence-corrected chi connectivity index (χ2v) is 7.58. The summed E-state index contributed by atoms with van der Waals surface area (Å²) >= 11 is 0. The van der Waals surface area contributed by atoms with E-state index in [1.165, 1.54) is 6.20 Å². The molecule has 1 aliphatic carbocycles. The SMILES string of the molecule is CC1(C)C(NS(=O)(=O)c2[nH]ncc2CN)C1(C)C. The number of hydrogen-bond acceptors (Lipinski definition) is 4. The molecule has 0 amide bonds. The Morgan fingerprint density at radius 1 is 1.39 bits per heavy atom. The van der Waals surface area contributed by atoms with Crippen molar-refractivity contribution in [1.82, 2.24) is 14.9 Å². The molecule has 1 fully saturated rings. The van der Waals surface area contributed by atoms with E-state index in [0.717, 1.165) is 0 Å². The molecule has 1 aromatic heterocycles. The minimum Gasteiger partial charge on any atom is -0.326 e. The van der Waals surface area contributed by atoms with Crippen molar-refractivity contribution in [2.24, 2.45) is 16.6 Å². The average Bonchev–Trinajstić information content (AvgIpc) is 2.68. The van der Waals surface area contributed by atoms with Crippen molar-refractivity contribution in [3.63, 3.8) is 0 Å². The highest BCUT2D eigenvalue weighted by atomic mass is 32.2. The molecular formula is C11H20N4O2S. The first-order valence-corrected chi connectivity index (χ1v) is 7.37. The van der Waals surface area contributed by atoms with Gasteiger partial charge in [-0.15, -0.1) is 0 Å². The summed E-state index contributed by atoms with van der Waals surface area (Å²) in [5.74, 6) is 0. The Morgan fingerprint density at radius 2 is 1.94 bits per heavy atom. The Kier molecular flexibility index (Phi) is 2.84. The lowest BCUT2D eigenvalue weighted by atomic mass is 10.0. The molecule has 0 saturated heterocycles. The Labute approximate surface area is 107 Å². The molecule has 18 heavy (non-hydrogen) atoms. The van der Waals surface area contributed by atoms with Gasteiger partial charge in [-0.05, 0) is 10.8 Å². The molecule has 1 aromatic rings. The normalized spacial score (nSPS) is 22.1. The van der Waals surface area contributed by atoms with Crippen molar-refractivity contribution >= 4 is 10.0 Å². The fourth-order valence-corrected chi connectivity index (χ4v) is 4.05. The Hall–Kier alpha value is -0.920. The summed E-state index contributed by atoms with van der Waals surface area (Å²) in [6, 6.07) is -0.0797. The van der Waals surface area contributed by atoms with Gasteiger partial charge < -0.3 is 5.73 Å². The van der Waals surface area contributed by atoms with Gasteiger partial charge in [-0.2, -0.15) is 5.10 Å². The number of hydrogen-bond donors (Lipinski definition) is 3. The van der Waals surface area contributed by atoms with E-state index in [-0.39, 0.29) is 28.4 Å². The van der Waals surface area contributed by atoms with E-state index in [4.69, 9.17) is 5.73 Å². The first-order valence-electron chi connectivity index (χ1n) is 5.89. The number of rotatable bonds is 4. The summed E-state index contributed by atoms with van der Waals surface area (Å²) in [4.78, 5) is 0. The monoisotopic (exact) mass is 272 g/mol. The highest BCUT2D eigenvalue weighted by Crippen LogP contribution is 2.62. The van der Waals surface area contributed by atoms with Gasteiger partial charge in [0, 0.05) is 18.2 Å². The molecule has 0 unspecified atom stereocenters. The number of nitrogens with zero attached hydrogens (tertiary/aromatic N) is 1. The van der Waals surface area contributed by atoms with Gasteiger partial charge in [0.25, 0.3) is 10.0 Å². The van der Waals surface area contributed by atoms with Crippen LogP contribution in [0.3, 0.4) is 0 Å². The number of sulfonamides is 1. The van der Waals surface area contributed by atoms with Crippen LogP contribution in [-0.2, 0) is 16.6 Å². The van der Waals surface area contributed by atoms with Gasteiger partial charge in [0.05, 0.1) is 6.20 Å². The van der Waals surface area contributed by atoms with Crippen LogP contribution in [0.5, 0.6) is 0 Å². The van der Waals surface area contributed by atoms with Crippen LogP contribution < -0.4 is 10.5 Å². The van der Waals surface area contributed by atoms with Crippen LogP contribution >= 0.6 is 0 Å². The van der Waals surface area contributed by atoms with Gasteiger partial charge in [0.15, 0.2) is 5.03 Å². The van der Waals surface area contributed by atoms with Gasteiger partial charge in [0.1, 0.15) is 0 Å². The molecule has 1 saturated carbocycles. The van der Waals surface area contributed by atoms with Crippen molar-refractivity contribution < 1.29 is 8.42 Å². The highest BCUT2D eigenvalue weighted by Gasteiger charge is 2.66. The number of H-pyrrole nitrogens is 1. The Morgan fingerprint density at radius 3 is 2.39 bits per heavy atom. The predicted molar refractivity (Wildman–Crippen MR) is 68.2 cm³/mol. The molecule has 0 bridgehead atoms. The molecule has 7 heteroatoms. The average molecular weight is 272 g/mol. The zero-order chi connectivity index (χ0) is 13.8. The van der Waals surface area contributed by atoms with Crippen LogP contribution in [0.15, 0.2) is 11.2 Å². The standard InChI is InChI=1S/C11H20N4O2S/c1-10(2)9(11(10,3)4)15-18(16,17)8-7(5-12)6-13-14-8/h6,9,15H,5,12H2,1-4H3,(H,13,14). The van der Waals surface area contributed by atoms with Crippen LogP contribution in [0.1, 0.15) is 33.3 Å². The summed E-state index contributed by atoms with van der Waals surface area (Å²) < 4.78 is 27.3. The van der Waals surface area contributed by atoms with Crippen molar-refractivity contribution in [3.05, 3.63) is 11.8 Å². The van der Waals surface area contributed by atoms with E-state index in [1.54, 1.807) is 0 Å². The molecular weight excluding hydrogens is 252 g/mol. The Balaban J connectivity index is 2.25. The molecule has 6 nitrogen and oxygen atoms in total. The maximum absolute atomic E-state index is 12.3. The van der Waals surface area contributed by atoms with Crippen molar-refractivity contribution in [2.75, 3.05) is 0 Å². The fourth-order valence-electron chi connectivity index (χ4n) is 2.38. The minimum atomic E-state index is -3.59. The second-order valence-electron chi connectivity index (χ2n) is 5.93. The van der Waals surface area contributed by atoms with E-state index >= 15 is 0 Å². The molecule has 2 rings (SSSR count). The van der Waals surface area contributed by atoms with E-state index in [2.05, 4.69) is 42.6 Å². The van der Waals surface area contributed by atoms with Gasteiger partial charge in [-0.3, -0.25) is 5.10 Å². The van der Waals surface area contributed by atoms with Gasteiger partial charge in [-0.1, -0.05) is 27.7 Å². The Bertz CT molecular complexity index is 545. The third-order valence-electron chi connectivity index (χ3n) is 4.46. The molecule has 1 aliphatic rings. The van der Waals surface area contributed by atoms with E-state index in [0.29, 0.717) is 5.56 Å². The summed E-state index contributed by atoms with van der Waals surface area (Å²) in [5, 5.41) is 6.31. The number of aromatic amines is 1. The lowest BCUT2D eigenvalue weighted by Gasteiger charge is -2.07. The topological polar surface area (TPSA) is 101 Å². The zero-order valence-corrected chi connectivity index (χ0v) is 11.9. The smallest absolute Gasteiger partial charge is 0.258 e. The second kappa shape index (κ2) is 3.79. The first-order chi connectivity index (χ1) is 8.14. The lowest BCUT2D eigenvalue weighted by Crippen LogP contribution is -2.31. The lowest BCUT2D eigenvalue weighted by molar-refractivity contribution is 0.457.